The Balaban J connectivity index is 1.96. The number of carboxylic acids is 1. The fourth-order valence-corrected chi connectivity index (χ4v) is 2.68. The number of nitrogens with zero attached hydrogens (tertiary/aromatic N) is 1. The Hall–Kier alpha value is -2.56. The maximum absolute atomic E-state index is 12.5. The van der Waals surface area contributed by atoms with Crippen molar-refractivity contribution < 1.29 is 19.1 Å². The van der Waals surface area contributed by atoms with E-state index in [1.54, 1.807) is 13.0 Å². The molecule has 5 nitrogen and oxygen atoms in total. The predicted octanol–water partition coefficient (Wildman–Crippen LogP) is 2.24. The van der Waals surface area contributed by atoms with E-state index in [9.17, 15) is 14.7 Å². The minimum Gasteiger partial charge on any atom is -0.480 e. The lowest BCUT2D eigenvalue weighted by atomic mass is 9.93. The van der Waals surface area contributed by atoms with Crippen LogP contribution in [0.15, 0.2) is 41.0 Å². The molecule has 108 valence electrons. The molecule has 21 heavy (non-hydrogen) atoms. The lowest BCUT2D eigenvalue weighted by Gasteiger charge is -2.34. The van der Waals surface area contributed by atoms with Gasteiger partial charge in [-0.1, -0.05) is 24.3 Å². The van der Waals surface area contributed by atoms with E-state index < -0.39 is 12.0 Å². The highest BCUT2D eigenvalue weighted by Gasteiger charge is 2.35. The molecule has 2 heterocycles. The minimum absolute atomic E-state index is 0.302. The topological polar surface area (TPSA) is 70.8 Å². The van der Waals surface area contributed by atoms with Gasteiger partial charge in [-0.05, 0) is 24.1 Å². The van der Waals surface area contributed by atoms with Crippen molar-refractivity contribution in [3.05, 3.63) is 59.0 Å². The molecule has 1 amide bonds. The molecule has 2 aromatic rings. The number of benzene rings is 1. The van der Waals surface area contributed by atoms with Gasteiger partial charge >= 0.3 is 5.97 Å². The summed E-state index contributed by atoms with van der Waals surface area (Å²) in [6, 6.07) is 8.40. The zero-order valence-corrected chi connectivity index (χ0v) is 11.6. The van der Waals surface area contributed by atoms with Crippen LogP contribution in [0.4, 0.5) is 0 Å². The zero-order chi connectivity index (χ0) is 15.0. The highest BCUT2D eigenvalue weighted by molar-refractivity contribution is 5.96. The summed E-state index contributed by atoms with van der Waals surface area (Å²) in [4.78, 5) is 25.4. The van der Waals surface area contributed by atoms with E-state index in [0.717, 1.165) is 11.1 Å². The highest BCUT2D eigenvalue weighted by Crippen LogP contribution is 2.25. The van der Waals surface area contributed by atoms with Gasteiger partial charge in [0.1, 0.15) is 18.1 Å². The van der Waals surface area contributed by atoms with Crippen LogP contribution in [0.1, 0.15) is 27.2 Å². The zero-order valence-electron chi connectivity index (χ0n) is 11.6. The summed E-state index contributed by atoms with van der Waals surface area (Å²) < 4.78 is 5.15. The summed E-state index contributed by atoms with van der Waals surface area (Å²) in [6.07, 6.45) is 1.70. The summed E-state index contributed by atoms with van der Waals surface area (Å²) in [7, 11) is 0. The van der Waals surface area contributed by atoms with Crippen molar-refractivity contribution >= 4 is 11.9 Å². The van der Waals surface area contributed by atoms with E-state index in [0.29, 0.717) is 24.3 Å². The van der Waals surface area contributed by atoms with Crippen LogP contribution in [0.3, 0.4) is 0 Å². The first kappa shape index (κ1) is 13.4. The molecule has 1 aromatic carbocycles. The van der Waals surface area contributed by atoms with E-state index in [1.165, 1.54) is 11.2 Å². The van der Waals surface area contributed by atoms with Crippen LogP contribution >= 0.6 is 0 Å². The molecule has 0 aliphatic carbocycles. The summed E-state index contributed by atoms with van der Waals surface area (Å²) in [5.74, 6) is -0.672. The van der Waals surface area contributed by atoms with E-state index in [2.05, 4.69) is 0 Å². The van der Waals surface area contributed by atoms with Crippen molar-refractivity contribution in [1.29, 1.82) is 0 Å². The highest BCUT2D eigenvalue weighted by atomic mass is 16.4. The SMILES string of the molecule is Cc1cc(C(=O)N2Cc3ccccc3C[C@@H]2C(=O)O)co1. The van der Waals surface area contributed by atoms with E-state index in [1.807, 2.05) is 24.3 Å². The first-order chi connectivity index (χ1) is 10.1. The van der Waals surface area contributed by atoms with Gasteiger partial charge in [-0.15, -0.1) is 0 Å². The maximum atomic E-state index is 12.5. The second kappa shape index (κ2) is 5.09. The molecule has 0 spiro atoms. The van der Waals surface area contributed by atoms with E-state index >= 15 is 0 Å². The van der Waals surface area contributed by atoms with Crippen molar-refractivity contribution in [3.8, 4) is 0 Å². The number of aryl methyl sites for hydroxylation is 1. The molecule has 0 saturated carbocycles. The van der Waals surface area contributed by atoms with Gasteiger partial charge < -0.3 is 14.4 Å². The number of fused-ring (bicyclic) bond motifs is 1. The Kier molecular flexibility index (Phi) is 3.25. The number of rotatable bonds is 2. The van der Waals surface area contributed by atoms with Gasteiger partial charge in [0.15, 0.2) is 0 Å². The average molecular weight is 285 g/mol. The molecule has 0 radical (unpaired) electrons. The number of carboxylic acid groups (broad SMARTS) is 1. The second-order valence-corrected chi connectivity index (χ2v) is 5.21. The van der Waals surface area contributed by atoms with Crippen LogP contribution in [-0.2, 0) is 17.8 Å². The minimum atomic E-state index is -0.988. The maximum Gasteiger partial charge on any atom is 0.326 e. The third-order valence-electron chi connectivity index (χ3n) is 3.77. The third kappa shape index (κ3) is 2.42. The van der Waals surface area contributed by atoms with Crippen LogP contribution in [0.2, 0.25) is 0 Å². The van der Waals surface area contributed by atoms with Crippen LogP contribution in [0, 0.1) is 6.92 Å². The molecule has 1 aliphatic heterocycles. The number of carbonyl (C=O) groups is 2. The number of hydrogen-bond acceptors (Lipinski definition) is 3. The van der Waals surface area contributed by atoms with Gasteiger partial charge in [-0.2, -0.15) is 0 Å². The number of hydrogen-bond donors (Lipinski definition) is 1. The molecular formula is C16H15NO4. The molecule has 0 saturated heterocycles. The standard InChI is InChI=1S/C16H15NO4/c1-10-6-13(9-21-10)15(18)17-8-12-5-3-2-4-11(12)7-14(17)16(19)20/h2-6,9,14H,7-8H2,1H3,(H,19,20)/t14-/m1/s1. The molecule has 3 rings (SSSR count). The quantitative estimate of drug-likeness (QED) is 0.918. The fourth-order valence-electron chi connectivity index (χ4n) is 2.68. The van der Waals surface area contributed by atoms with Gasteiger partial charge in [-0.3, -0.25) is 4.79 Å². The molecule has 1 N–H and O–H groups in total. The van der Waals surface area contributed by atoms with Gasteiger partial charge in [0.05, 0.1) is 5.56 Å². The Labute approximate surface area is 121 Å². The Morgan fingerprint density at radius 1 is 1.29 bits per heavy atom. The van der Waals surface area contributed by atoms with Gasteiger partial charge in [-0.25, -0.2) is 4.79 Å². The van der Waals surface area contributed by atoms with E-state index in [-0.39, 0.29) is 5.91 Å². The molecule has 1 atom stereocenters. The lowest BCUT2D eigenvalue weighted by molar-refractivity contribution is -0.142. The van der Waals surface area contributed by atoms with E-state index in [4.69, 9.17) is 4.42 Å². The monoisotopic (exact) mass is 285 g/mol. The molecular weight excluding hydrogens is 270 g/mol. The van der Waals surface area contributed by atoms with Crippen LogP contribution < -0.4 is 0 Å². The normalized spacial score (nSPS) is 17.4. The second-order valence-electron chi connectivity index (χ2n) is 5.21. The molecule has 1 aromatic heterocycles. The van der Waals surface area contributed by atoms with Crippen molar-refractivity contribution in [3.63, 3.8) is 0 Å². The lowest BCUT2D eigenvalue weighted by Crippen LogP contribution is -2.48. The van der Waals surface area contributed by atoms with Gasteiger partial charge in [0, 0.05) is 13.0 Å². The van der Waals surface area contributed by atoms with Crippen LogP contribution in [0.25, 0.3) is 0 Å². The molecule has 0 fully saturated rings. The first-order valence-electron chi connectivity index (χ1n) is 6.72. The van der Waals surface area contributed by atoms with Crippen molar-refractivity contribution in [2.75, 3.05) is 0 Å². The first-order valence-corrected chi connectivity index (χ1v) is 6.72. The van der Waals surface area contributed by atoms with Gasteiger partial charge in [0.25, 0.3) is 5.91 Å². The average Bonchev–Trinajstić information content (AvgIpc) is 2.91. The Morgan fingerprint density at radius 2 is 2.00 bits per heavy atom. The smallest absolute Gasteiger partial charge is 0.326 e. The van der Waals surface area contributed by atoms with Crippen molar-refractivity contribution in [2.24, 2.45) is 0 Å². The Morgan fingerprint density at radius 3 is 2.62 bits per heavy atom. The number of carbonyl (C=O) groups excluding carboxylic acids is 1. The number of aliphatic carboxylic acids is 1. The molecule has 5 heteroatoms. The largest absolute Gasteiger partial charge is 0.480 e. The summed E-state index contributed by atoms with van der Waals surface area (Å²) >= 11 is 0. The van der Waals surface area contributed by atoms with Crippen molar-refractivity contribution in [1.82, 2.24) is 4.90 Å². The molecule has 0 unspecified atom stereocenters. The predicted molar refractivity (Wildman–Crippen MR) is 74.9 cm³/mol. The summed E-state index contributed by atoms with van der Waals surface area (Å²) in [5, 5.41) is 9.42. The summed E-state index contributed by atoms with van der Waals surface area (Å²) in [5.41, 5.74) is 2.36. The summed E-state index contributed by atoms with van der Waals surface area (Å²) in [6.45, 7) is 2.05. The Bertz CT molecular complexity index is 704. The molecule has 0 bridgehead atoms. The number of furan rings is 1. The number of amides is 1. The third-order valence-corrected chi connectivity index (χ3v) is 3.77. The van der Waals surface area contributed by atoms with Crippen molar-refractivity contribution in [2.45, 2.75) is 25.9 Å². The van der Waals surface area contributed by atoms with Crippen LogP contribution in [0.5, 0.6) is 0 Å². The van der Waals surface area contributed by atoms with Gasteiger partial charge in [0.2, 0.25) is 0 Å². The van der Waals surface area contributed by atoms with Crippen LogP contribution in [-0.4, -0.2) is 27.9 Å². The molecule has 1 aliphatic rings. The fraction of sp³-hybridized carbons (Fsp3) is 0.250.